The number of hydrogen-bond acceptors (Lipinski definition) is 5. The Kier molecular flexibility index (Phi) is 4.26. The van der Waals surface area contributed by atoms with Crippen LogP contribution in [0.1, 0.15) is 33.4 Å². The van der Waals surface area contributed by atoms with E-state index in [0.29, 0.717) is 18.8 Å². The molecule has 0 aliphatic rings. The molecule has 0 saturated heterocycles. The van der Waals surface area contributed by atoms with Gasteiger partial charge in [0.25, 0.3) is 0 Å². The highest BCUT2D eigenvalue weighted by Gasteiger charge is 2.15. The average Bonchev–Trinajstić information content (AvgIpc) is 2.94. The number of amides is 1. The Hall–Kier alpha value is -2.05. The van der Waals surface area contributed by atoms with Crippen LogP contribution >= 0.6 is 0 Å². The van der Waals surface area contributed by atoms with Gasteiger partial charge in [-0.2, -0.15) is 0 Å². The summed E-state index contributed by atoms with van der Waals surface area (Å²) in [5.41, 5.74) is 2.84. The molecule has 0 unspecified atom stereocenters. The summed E-state index contributed by atoms with van der Waals surface area (Å²) in [5, 5.41) is 0. The number of furan rings is 2. The predicted molar refractivity (Wildman–Crippen MR) is 73.7 cm³/mol. The monoisotopic (exact) mass is 277 g/mol. The first-order valence-corrected chi connectivity index (χ1v) is 6.33. The highest BCUT2D eigenvalue weighted by molar-refractivity contribution is 5.92. The molecule has 1 amide bonds. The topological polar surface area (TPSA) is 84.6 Å². The molecule has 2 rings (SSSR count). The molecular formula is C14H19N3O3. The van der Waals surface area contributed by atoms with Crippen molar-refractivity contribution in [1.82, 2.24) is 10.3 Å². The fourth-order valence-electron chi connectivity index (χ4n) is 2.08. The van der Waals surface area contributed by atoms with Crippen LogP contribution in [0.5, 0.6) is 0 Å². The average molecular weight is 277 g/mol. The van der Waals surface area contributed by atoms with E-state index >= 15 is 0 Å². The zero-order chi connectivity index (χ0) is 14.7. The van der Waals surface area contributed by atoms with Gasteiger partial charge >= 0.3 is 5.91 Å². The highest BCUT2D eigenvalue weighted by atomic mass is 16.4. The lowest BCUT2D eigenvalue weighted by atomic mass is 10.2. The molecule has 108 valence electrons. The number of nitrogens with one attached hydrogen (secondary N) is 1. The van der Waals surface area contributed by atoms with Crippen LogP contribution in [-0.4, -0.2) is 17.9 Å². The molecule has 2 heterocycles. The van der Waals surface area contributed by atoms with Crippen molar-refractivity contribution >= 4 is 5.91 Å². The van der Waals surface area contributed by atoms with E-state index in [1.165, 1.54) is 0 Å². The van der Waals surface area contributed by atoms with Crippen molar-refractivity contribution in [2.24, 2.45) is 5.84 Å². The number of rotatable bonds is 5. The molecule has 2 aromatic heterocycles. The van der Waals surface area contributed by atoms with Crippen molar-refractivity contribution in [2.45, 2.75) is 26.9 Å². The highest BCUT2D eigenvalue weighted by Crippen LogP contribution is 2.17. The molecule has 0 aliphatic heterocycles. The van der Waals surface area contributed by atoms with Gasteiger partial charge in [-0.3, -0.25) is 15.1 Å². The molecule has 0 bridgehead atoms. The second-order valence-corrected chi connectivity index (χ2v) is 4.88. The van der Waals surface area contributed by atoms with Crippen molar-refractivity contribution in [2.75, 3.05) is 7.05 Å². The number of hydrazine groups is 1. The number of nitrogens with zero attached hydrogens (tertiary/aromatic N) is 1. The molecule has 0 aliphatic carbocycles. The van der Waals surface area contributed by atoms with E-state index in [2.05, 4.69) is 5.43 Å². The third kappa shape index (κ3) is 3.28. The Morgan fingerprint density at radius 1 is 1.25 bits per heavy atom. The number of carbonyl (C=O) groups is 1. The molecule has 2 aromatic rings. The van der Waals surface area contributed by atoms with E-state index in [1.807, 2.05) is 44.0 Å². The third-order valence-electron chi connectivity index (χ3n) is 2.95. The summed E-state index contributed by atoms with van der Waals surface area (Å²) in [6, 6.07) is 5.73. The first-order chi connectivity index (χ1) is 9.49. The lowest BCUT2D eigenvalue weighted by Crippen LogP contribution is -2.30. The Labute approximate surface area is 117 Å². The molecule has 20 heavy (non-hydrogen) atoms. The van der Waals surface area contributed by atoms with Crippen molar-refractivity contribution in [3.63, 3.8) is 0 Å². The van der Waals surface area contributed by atoms with Crippen molar-refractivity contribution in [3.8, 4) is 0 Å². The van der Waals surface area contributed by atoms with E-state index in [9.17, 15) is 4.79 Å². The molecule has 6 nitrogen and oxygen atoms in total. The van der Waals surface area contributed by atoms with E-state index in [-0.39, 0.29) is 5.76 Å². The molecule has 3 N–H and O–H groups in total. The molecule has 0 radical (unpaired) electrons. The SMILES string of the molecule is Cc1ccc(CN(C)Cc2cc(C)c(C(=O)NN)o2)o1. The number of aryl methyl sites for hydroxylation is 2. The summed E-state index contributed by atoms with van der Waals surface area (Å²) >= 11 is 0. The molecule has 0 fully saturated rings. The Morgan fingerprint density at radius 3 is 2.55 bits per heavy atom. The number of nitrogen functional groups attached to an aromatic ring is 1. The Balaban J connectivity index is 2.01. The van der Waals surface area contributed by atoms with Crippen LogP contribution in [0.4, 0.5) is 0 Å². The van der Waals surface area contributed by atoms with E-state index in [1.54, 1.807) is 0 Å². The smallest absolute Gasteiger partial charge is 0.301 e. The first-order valence-electron chi connectivity index (χ1n) is 6.33. The number of nitrogens with two attached hydrogens (primary N) is 1. The van der Waals surface area contributed by atoms with Gasteiger partial charge in [0.2, 0.25) is 0 Å². The van der Waals surface area contributed by atoms with Crippen LogP contribution in [0.3, 0.4) is 0 Å². The van der Waals surface area contributed by atoms with Crippen LogP contribution < -0.4 is 11.3 Å². The summed E-state index contributed by atoms with van der Waals surface area (Å²) in [4.78, 5) is 13.5. The minimum absolute atomic E-state index is 0.254. The summed E-state index contributed by atoms with van der Waals surface area (Å²) in [6.07, 6.45) is 0. The fourth-order valence-corrected chi connectivity index (χ4v) is 2.08. The second kappa shape index (κ2) is 5.94. The minimum atomic E-state index is -0.418. The largest absolute Gasteiger partial charge is 0.465 e. The molecular weight excluding hydrogens is 258 g/mol. The van der Waals surface area contributed by atoms with Crippen LogP contribution in [0.15, 0.2) is 27.0 Å². The van der Waals surface area contributed by atoms with Gasteiger partial charge in [0.1, 0.15) is 17.3 Å². The number of carbonyl (C=O) groups excluding carboxylic acids is 1. The maximum atomic E-state index is 11.5. The van der Waals surface area contributed by atoms with Crippen molar-refractivity contribution in [3.05, 3.63) is 46.8 Å². The summed E-state index contributed by atoms with van der Waals surface area (Å²) < 4.78 is 11.0. The van der Waals surface area contributed by atoms with Gasteiger partial charge in [-0.1, -0.05) is 0 Å². The Bertz CT molecular complexity index is 601. The van der Waals surface area contributed by atoms with Crippen LogP contribution in [-0.2, 0) is 13.1 Å². The van der Waals surface area contributed by atoms with Gasteiger partial charge < -0.3 is 8.83 Å². The van der Waals surface area contributed by atoms with Crippen molar-refractivity contribution < 1.29 is 13.6 Å². The van der Waals surface area contributed by atoms with E-state index < -0.39 is 5.91 Å². The lowest BCUT2D eigenvalue weighted by molar-refractivity contribution is 0.0921. The fraction of sp³-hybridized carbons (Fsp3) is 0.357. The normalized spacial score (nSPS) is 11.1. The second-order valence-electron chi connectivity index (χ2n) is 4.88. The molecule has 0 spiro atoms. The standard InChI is InChI=1S/C14H19N3O3/c1-9-6-12(20-13(9)14(18)16-15)8-17(3)7-11-5-4-10(2)19-11/h4-6H,7-8,15H2,1-3H3,(H,16,18). The van der Waals surface area contributed by atoms with Gasteiger partial charge in [-0.25, -0.2) is 5.84 Å². The minimum Gasteiger partial charge on any atom is -0.465 e. The zero-order valence-electron chi connectivity index (χ0n) is 11.9. The first kappa shape index (κ1) is 14.4. The van der Waals surface area contributed by atoms with E-state index in [0.717, 1.165) is 17.1 Å². The Morgan fingerprint density at radius 2 is 1.95 bits per heavy atom. The molecule has 0 atom stereocenters. The summed E-state index contributed by atoms with van der Waals surface area (Å²) in [7, 11) is 1.96. The van der Waals surface area contributed by atoms with E-state index in [4.69, 9.17) is 14.7 Å². The van der Waals surface area contributed by atoms with Crippen LogP contribution in [0.2, 0.25) is 0 Å². The quantitative estimate of drug-likeness (QED) is 0.494. The third-order valence-corrected chi connectivity index (χ3v) is 2.95. The lowest BCUT2D eigenvalue weighted by Gasteiger charge is -2.13. The van der Waals surface area contributed by atoms with Gasteiger partial charge in [0, 0.05) is 5.56 Å². The molecule has 6 heteroatoms. The van der Waals surface area contributed by atoms with Gasteiger partial charge in [-0.05, 0) is 39.1 Å². The number of hydrogen-bond donors (Lipinski definition) is 2. The van der Waals surface area contributed by atoms with Gasteiger partial charge in [-0.15, -0.1) is 0 Å². The van der Waals surface area contributed by atoms with Gasteiger partial charge in [0.15, 0.2) is 5.76 Å². The van der Waals surface area contributed by atoms with Crippen molar-refractivity contribution in [1.29, 1.82) is 0 Å². The van der Waals surface area contributed by atoms with Gasteiger partial charge in [0.05, 0.1) is 13.1 Å². The zero-order valence-corrected chi connectivity index (χ0v) is 11.9. The molecule has 0 aromatic carbocycles. The maximum Gasteiger partial charge on any atom is 0.301 e. The predicted octanol–water partition coefficient (Wildman–Crippen LogP) is 1.72. The van der Waals surface area contributed by atoms with Crippen LogP contribution in [0, 0.1) is 13.8 Å². The van der Waals surface area contributed by atoms with Crippen LogP contribution in [0.25, 0.3) is 0 Å². The summed E-state index contributed by atoms with van der Waals surface area (Å²) in [6.45, 7) is 4.98. The molecule has 0 saturated carbocycles. The maximum absolute atomic E-state index is 11.5. The summed E-state index contributed by atoms with van der Waals surface area (Å²) in [5.74, 6) is 7.45.